The first-order chi connectivity index (χ1) is 7.74. The van der Waals surface area contributed by atoms with Gasteiger partial charge in [-0.05, 0) is 6.07 Å². The van der Waals surface area contributed by atoms with Gasteiger partial charge in [0.15, 0.2) is 0 Å². The van der Waals surface area contributed by atoms with Crippen LogP contribution < -0.4 is 10.9 Å². The highest BCUT2D eigenvalue weighted by atomic mass is 35.5. The molecule has 0 fully saturated rings. The highest BCUT2D eigenvalue weighted by Gasteiger charge is 2.02. The van der Waals surface area contributed by atoms with Gasteiger partial charge >= 0.3 is 0 Å². The van der Waals surface area contributed by atoms with Gasteiger partial charge in [-0.3, -0.25) is 4.79 Å². The molecule has 1 N–H and O–H groups in total. The van der Waals surface area contributed by atoms with Crippen LogP contribution in [-0.4, -0.2) is 36.8 Å². The van der Waals surface area contributed by atoms with Gasteiger partial charge in [0.1, 0.15) is 0 Å². The Morgan fingerprint density at radius 2 is 2.38 bits per heavy atom. The third-order valence-corrected chi connectivity index (χ3v) is 2.42. The predicted octanol–water partition coefficient (Wildman–Crippen LogP) is 0.692. The first kappa shape index (κ1) is 13.2. The van der Waals surface area contributed by atoms with Crippen molar-refractivity contribution in [1.82, 2.24) is 9.88 Å². The van der Waals surface area contributed by atoms with Crippen LogP contribution in [0.15, 0.2) is 29.2 Å². The second-order valence-electron chi connectivity index (χ2n) is 3.49. The topological polar surface area (TPSA) is 43.3 Å². The number of methoxy groups -OCH3 is 1. The summed E-state index contributed by atoms with van der Waals surface area (Å²) >= 11 is 5.94. The van der Waals surface area contributed by atoms with E-state index in [9.17, 15) is 4.79 Å². The van der Waals surface area contributed by atoms with Crippen LogP contribution in [0, 0.1) is 0 Å². The van der Waals surface area contributed by atoms with Crippen LogP contribution in [0.3, 0.4) is 0 Å². The van der Waals surface area contributed by atoms with E-state index in [1.807, 2.05) is 6.07 Å². The molecule has 0 aromatic carbocycles. The number of pyridine rings is 1. The average Bonchev–Trinajstić information content (AvgIpc) is 2.27. The Hall–Kier alpha value is -0.840. The molecular formula is C11H17ClN2O2. The number of nitrogens with one attached hydrogen (secondary N) is 1. The van der Waals surface area contributed by atoms with Crippen LogP contribution in [-0.2, 0) is 11.3 Å². The number of hydrogen-bond donors (Lipinski definition) is 1. The summed E-state index contributed by atoms with van der Waals surface area (Å²) in [7, 11) is 1.62. The SMILES string of the molecule is COCC(Cl)CNCCn1ccccc1=O. The number of aromatic nitrogens is 1. The molecule has 5 heteroatoms. The molecule has 4 nitrogen and oxygen atoms in total. The highest BCUT2D eigenvalue weighted by Crippen LogP contribution is 1.93. The maximum atomic E-state index is 11.3. The number of halogens is 1. The molecule has 1 aromatic rings. The maximum absolute atomic E-state index is 11.3. The van der Waals surface area contributed by atoms with Gasteiger partial charge in [0.25, 0.3) is 5.56 Å². The lowest BCUT2D eigenvalue weighted by Gasteiger charge is -2.10. The molecule has 1 rings (SSSR count). The molecule has 0 spiro atoms. The van der Waals surface area contributed by atoms with E-state index in [4.69, 9.17) is 16.3 Å². The predicted molar refractivity (Wildman–Crippen MR) is 65.1 cm³/mol. The standard InChI is InChI=1S/C11H17ClN2O2/c1-16-9-10(12)8-13-5-7-14-6-3-2-4-11(14)15/h2-4,6,10,13H,5,7-9H2,1H3. The lowest BCUT2D eigenvalue weighted by Crippen LogP contribution is -2.31. The van der Waals surface area contributed by atoms with Gasteiger partial charge < -0.3 is 14.6 Å². The summed E-state index contributed by atoms with van der Waals surface area (Å²) in [6.07, 6.45) is 1.78. The van der Waals surface area contributed by atoms with Crippen LogP contribution in [0.4, 0.5) is 0 Å². The zero-order valence-corrected chi connectivity index (χ0v) is 10.1. The maximum Gasteiger partial charge on any atom is 0.250 e. The molecule has 0 radical (unpaired) electrons. The fourth-order valence-corrected chi connectivity index (χ4v) is 1.58. The summed E-state index contributed by atoms with van der Waals surface area (Å²) in [5.74, 6) is 0. The number of hydrogen-bond acceptors (Lipinski definition) is 3. The molecule has 16 heavy (non-hydrogen) atoms. The molecular weight excluding hydrogens is 228 g/mol. The minimum atomic E-state index is -0.0301. The summed E-state index contributed by atoms with van der Waals surface area (Å²) in [6.45, 7) is 2.57. The van der Waals surface area contributed by atoms with Gasteiger partial charge in [0.2, 0.25) is 0 Å². The minimum Gasteiger partial charge on any atom is -0.383 e. The Morgan fingerprint density at radius 3 is 3.06 bits per heavy atom. The van der Waals surface area contributed by atoms with Crippen molar-refractivity contribution < 1.29 is 4.74 Å². The molecule has 0 aliphatic heterocycles. The first-order valence-electron chi connectivity index (χ1n) is 5.23. The van der Waals surface area contributed by atoms with Crippen molar-refractivity contribution in [2.24, 2.45) is 0 Å². The fraction of sp³-hybridized carbons (Fsp3) is 0.545. The minimum absolute atomic E-state index is 0.0172. The molecule has 1 aromatic heterocycles. The summed E-state index contributed by atoms with van der Waals surface area (Å²) in [4.78, 5) is 11.3. The van der Waals surface area contributed by atoms with Crippen molar-refractivity contribution >= 4 is 11.6 Å². The summed E-state index contributed by atoms with van der Waals surface area (Å²) in [6, 6.07) is 5.13. The van der Waals surface area contributed by atoms with Gasteiger partial charge in [-0.25, -0.2) is 0 Å². The fourth-order valence-electron chi connectivity index (χ4n) is 1.34. The molecule has 1 heterocycles. The second kappa shape index (κ2) is 7.44. The van der Waals surface area contributed by atoms with Crippen molar-refractivity contribution in [3.8, 4) is 0 Å². The van der Waals surface area contributed by atoms with Gasteiger partial charge in [-0.2, -0.15) is 0 Å². The quantitative estimate of drug-likeness (QED) is 0.567. The van der Waals surface area contributed by atoms with E-state index in [1.54, 1.807) is 30.0 Å². The van der Waals surface area contributed by atoms with Crippen LogP contribution >= 0.6 is 11.6 Å². The second-order valence-corrected chi connectivity index (χ2v) is 4.11. The first-order valence-corrected chi connectivity index (χ1v) is 5.67. The molecule has 0 saturated carbocycles. The van der Waals surface area contributed by atoms with Gasteiger partial charge in [0.05, 0.1) is 12.0 Å². The molecule has 1 atom stereocenters. The number of nitrogens with zero attached hydrogens (tertiary/aromatic N) is 1. The third-order valence-electron chi connectivity index (χ3n) is 2.14. The lowest BCUT2D eigenvalue weighted by atomic mass is 10.4. The Labute approximate surface area is 100 Å². The number of ether oxygens (including phenoxy) is 1. The smallest absolute Gasteiger partial charge is 0.250 e. The summed E-state index contributed by atoms with van der Waals surface area (Å²) < 4.78 is 6.57. The van der Waals surface area contributed by atoms with E-state index in [2.05, 4.69) is 5.32 Å². The molecule has 0 aliphatic rings. The molecule has 0 aliphatic carbocycles. The Morgan fingerprint density at radius 1 is 1.56 bits per heavy atom. The Balaban J connectivity index is 2.21. The molecule has 1 unspecified atom stereocenters. The normalized spacial score (nSPS) is 12.6. The van der Waals surface area contributed by atoms with Crippen LogP contribution in [0.1, 0.15) is 0 Å². The summed E-state index contributed by atoms with van der Waals surface area (Å²) in [5, 5.41) is 3.14. The van der Waals surface area contributed by atoms with E-state index < -0.39 is 0 Å². The van der Waals surface area contributed by atoms with Crippen molar-refractivity contribution in [3.63, 3.8) is 0 Å². The van der Waals surface area contributed by atoms with Gasteiger partial charge in [-0.15, -0.1) is 11.6 Å². The Kier molecular flexibility index (Phi) is 6.15. The van der Waals surface area contributed by atoms with Crippen LogP contribution in [0.5, 0.6) is 0 Å². The average molecular weight is 245 g/mol. The zero-order chi connectivity index (χ0) is 11.8. The van der Waals surface area contributed by atoms with E-state index in [0.29, 0.717) is 19.7 Å². The number of alkyl halides is 1. The van der Waals surface area contributed by atoms with E-state index in [1.165, 1.54) is 0 Å². The van der Waals surface area contributed by atoms with E-state index in [-0.39, 0.29) is 10.9 Å². The van der Waals surface area contributed by atoms with Crippen molar-refractivity contribution in [3.05, 3.63) is 34.7 Å². The van der Waals surface area contributed by atoms with Crippen molar-refractivity contribution in [2.75, 3.05) is 26.8 Å². The van der Waals surface area contributed by atoms with E-state index >= 15 is 0 Å². The molecule has 0 amide bonds. The zero-order valence-electron chi connectivity index (χ0n) is 9.36. The molecule has 0 saturated heterocycles. The van der Waals surface area contributed by atoms with Gasteiger partial charge in [-0.1, -0.05) is 6.07 Å². The highest BCUT2D eigenvalue weighted by molar-refractivity contribution is 6.20. The van der Waals surface area contributed by atoms with Crippen molar-refractivity contribution in [1.29, 1.82) is 0 Å². The Bertz CT molecular complexity index is 354. The van der Waals surface area contributed by atoms with Gasteiger partial charge in [0, 0.05) is 39.0 Å². The number of rotatable bonds is 7. The lowest BCUT2D eigenvalue weighted by molar-refractivity contribution is 0.197. The monoisotopic (exact) mass is 244 g/mol. The van der Waals surface area contributed by atoms with Crippen molar-refractivity contribution in [2.45, 2.75) is 11.9 Å². The largest absolute Gasteiger partial charge is 0.383 e. The van der Waals surface area contributed by atoms with Crippen LogP contribution in [0.2, 0.25) is 0 Å². The third kappa shape index (κ3) is 4.79. The molecule has 0 bridgehead atoms. The van der Waals surface area contributed by atoms with Crippen LogP contribution in [0.25, 0.3) is 0 Å². The molecule has 90 valence electrons. The van der Waals surface area contributed by atoms with E-state index in [0.717, 1.165) is 6.54 Å². The summed E-state index contributed by atoms with van der Waals surface area (Å²) in [5.41, 5.74) is 0.0172.